The van der Waals surface area contributed by atoms with E-state index in [1.165, 1.54) is 17.8 Å². The Balaban J connectivity index is 1.45. The predicted molar refractivity (Wildman–Crippen MR) is 117 cm³/mol. The third-order valence-electron chi connectivity index (χ3n) is 4.38. The normalized spacial score (nSPS) is 10.7. The zero-order valence-corrected chi connectivity index (χ0v) is 16.8. The summed E-state index contributed by atoms with van der Waals surface area (Å²) in [4.78, 5) is 16.7. The minimum absolute atomic E-state index is 0.0842. The van der Waals surface area contributed by atoms with Crippen LogP contribution in [0.2, 0.25) is 0 Å². The molecule has 2 heterocycles. The molecule has 150 valence electrons. The first-order valence-electron chi connectivity index (χ1n) is 9.35. The van der Waals surface area contributed by atoms with E-state index in [-0.39, 0.29) is 10.6 Å². The van der Waals surface area contributed by atoms with E-state index in [2.05, 4.69) is 4.98 Å². The van der Waals surface area contributed by atoms with E-state index in [4.69, 9.17) is 9.15 Å². The summed E-state index contributed by atoms with van der Waals surface area (Å²) in [6, 6.07) is 22.2. The number of aromatic hydroxyl groups is 1. The molecule has 4 rings (SSSR count). The van der Waals surface area contributed by atoms with Crippen molar-refractivity contribution >= 4 is 11.8 Å². The summed E-state index contributed by atoms with van der Waals surface area (Å²) in [5.41, 5.74) is 2.16. The number of rotatable bonds is 7. The lowest BCUT2D eigenvalue weighted by Crippen LogP contribution is -2.03. The second-order valence-electron chi connectivity index (χ2n) is 6.56. The van der Waals surface area contributed by atoms with Gasteiger partial charge in [0.2, 0.25) is 0 Å². The molecule has 30 heavy (non-hydrogen) atoms. The van der Waals surface area contributed by atoms with Crippen molar-refractivity contribution in [3.63, 3.8) is 0 Å². The summed E-state index contributed by atoms with van der Waals surface area (Å²) in [5.74, 6) is 1.48. The lowest BCUT2D eigenvalue weighted by Gasteiger charge is -2.08. The standard InChI is InChI=1S/C24H19NO4S/c26-21-13-22(29-24(27)23(21)30-16-17-5-2-1-3-6-17)19-8-10-20(11-9-19)28-15-18-7-4-12-25-14-18/h1-14,26H,15-16H2. The molecule has 0 amide bonds. The van der Waals surface area contributed by atoms with Crippen LogP contribution in [0.1, 0.15) is 11.1 Å². The minimum atomic E-state index is -0.553. The lowest BCUT2D eigenvalue weighted by molar-refractivity contribution is 0.306. The molecule has 0 saturated heterocycles. The molecule has 0 aliphatic rings. The summed E-state index contributed by atoms with van der Waals surface area (Å²) in [7, 11) is 0. The first-order valence-corrected chi connectivity index (χ1v) is 10.3. The molecule has 2 aromatic heterocycles. The highest BCUT2D eigenvalue weighted by molar-refractivity contribution is 7.98. The lowest BCUT2D eigenvalue weighted by atomic mass is 10.1. The molecule has 0 aliphatic carbocycles. The van der Waals surface area contributed by atoms with Crippen molar-refractivity contribution in [1.82, 2.24) is 4.98 Å². The molecule has 2 aromatic carbocycles. The van der Waals surface area contributed by atoms with Gasteiger partial charge in [-0.3, -0.25) is 4.98 Å². The Morgan fingerprint density at radius 1 is 0.967 bits per heavy atom. The van der Waals surface area contributed by atoms with Gasteiger partial charge < -0.3 is 14.3 Å². The third kappa shape index (κ3) is 4.90. The number of aromatic nitrogens is 1. The van der Waals surface area contributed by atoms with Crippen LogP contribution in [0.5, 0.6) is 11.5 Å². The number of pyridine rings is 1. The highest BCUT2D eigenvalue weighted by atomic mass is 32.2. The van der Waals surface area contributed by atoms with Crippen molar-refractivity contribution in [2.45, 2.75) is 17.3 Å². The molecule has 0 saturated carbocycles. The van der Waals surface area contributed by atoms with Crippen LogP contribution in [0, 0.1) is 0 Å². The van der Waals surface area contributed by atoms with Gasteiger partial charge in [0.15, 0.2) is 0 Å². The van der Waals surface area contributed by atoms with E-state index < -0.39 is 5.63 Å². The van der Waals surface area contributed by atoms with E-state index >= 15 is 0 Å². The summed E-state index contributed by atoms with van der Waals surface area (Å²) >= 11 is 1.26. The van der Waals surface area contributed by atoms with Gasteiger partial charge in [-0.1, -0.05) is 36.4 Å². The fraction of sp³-hybridized carbons (Fsp3) is 0.0833. The number of ether oxygens (including phenoxy) is 1. The quantitative estimate of drug-likeness (QED) is 0.413. The van der Waals surface area contributed by atoms with Crippen LogP contribution < -0.4 is 10.4 Å². The molecule has 0 spiro atoms. The number of benzene rings is 2. The van der Waals surface area contributed by atoms with E-state index in [0.29, 0.717) is 29.4 Å². The van der Waals surface area contributed by atoms with Gasteiger partial charge in [0, 0.05) is 35.3 Å². The van der Waals surface area contributed by atoms with Gasteiger partial charge in [-0.2, -0.15) is 0 Å². The third-order valence-corrected chi connectivity index (χ3v) is 5.52. The van der Waals surface area contributed by atoms with Crippen LogP contribution >= 0.6 is 11.8 Å². The number of hydrogen-bond donors (Lipinski definition) is 1. The Morgan fingerprint density at radius 2 is 1.73 bits per heavy atom. The van der Waals surface area contributed by atoms with Crippen molar-refractivity contribution < 1.29 is 14.3 Å². The van der Waals surface area contributed by atoms with Crippen LogP contribution in [-0.4, -0.2) is 10.1 Å². The Kier molecular flexibility index (Phi) is 6.15. The SMILES string of the molecule is O=c1oc(-c2ccc(OCc3cccnc3)cc2)cc(O)c1SCc1ccccc1. The summed E-state index contributed by atoms with van der Waals surface area (Å²) in [5, 5.41) is 10.4. The van der Waals surface area contributed by atoms with Crippen LogP contribution in [-0.2, 0) is 12.4 Å². The Labute approximate surface area is 178 Å². The molecule has 0 aliphatic heterocycles. The minimum Gasteiger partial charge on any atom is -0.506 e. The average Bonchev–Trinajstić information content (AvgIpc) is 2.79. The molecule has 0 radical (unpaired) electrons. The maximum Gasteiger partial charge on any atom is 0.353 e. The molecule has 0 bridgehead atoms. The Morgan fingerprint density at radius 3 is 2.43 bits per heavy atom. The van der Waals surface area contributed by atoms with Crippen molar-refractivity contribution in [2.75, 3.05) is 0 Å². The van der Waals surface area contributed by atoms with Gasteiger partial charge in [0.05, 0.1) is 0 Å². The zero-order chi connectivity index (χ0) is 20.8. The summed E-state index contributed by atoms with van der Waals surface area (Å²) in [6.07, 6.45) is 3.47. The van der Waals surface area contributed by atoms with E-state index in [0.717, 1.165) is 11.1 Å². The molecule has 0 atom stereocenters. The van der Waals surface area contributed by atoms with Crippen LogP contribution in [0.3, 0.4) is 0 Å². The molecular formula is C24H19NO4S. The highest BCUT2D eigenvalue weighted by Gasteiger charge is 2.13. The van der Waals surface area contributed by atoms with E-state index in [1.807, 2.05) is 42.5 Å². The Hall–Kier alpha value is -3.51. The summed E-state index contributed by atoms with van der Waals surface area (Å²) in [6.45, 7) is 0.413. The van der Waals surface area contributed by atoms with Crippen molar-refractivity contribution in [3.05, 3.63) is 107 Å². The fourth-order valence-corrected chi connectivity index (χ4v) is 3.71. The van der Waals surface area contributed by atoms with Crippen LogP contribution in [0.4, 0.5) is 0 Å². The van der Waals surface area contributed by atoms with Gasteiger partial charge in [0.1, 0.15) is 28.8 Å². The smallest absolute Gasteiger partial charge is 0.353 e. The number of thioether (sulfide) groups is 1. The van der Waals surface area contributed by atoms with Gasteiger partial charge >= 0.3 is 5.63 Å². The summed E-state index contributed by atoms with van der Waals surface area (Å²) < 4.78 is 11.2. The topological polar surface area (TPSA) is 72.6 Å². The predicted octanol–water partition coefficient (Wildman–Crippen LogP) is 5.28. The van der Waals surface area contributed by atoms with Crippen molar-refractivity contribution in [1.29, 1.82) is 0 Å². The second-order valence-corrected chi connectivity index (χ2v) is 7.55. The second kappa shape index (κ2) is 9.33. The average molecular weight is 417 g/mol. The van der Waals surface area contributed by atoms with Crippen molar-refractivity contribution in [3.8, 4) is 22.8 Å². The molecule has 6 heteroatoms. The fourth-order valence-electron chi connectivity index (χ4n) is 2.84. The van der Waals surface area contributed by atoms with Gasteiger partial charge in [-0.05, 0) is 35.9 Å². The molecule has 0 unspecified atom stereocenters. The van der Waals surface area contributed by atoms with E-state index in [1.54, 1.807) is 36.7 Å². The maximum atomic E-state index is 12.4. The van der Waals surface area contributed by atoms with Crippen molar-refractivity contribution in [2.24, 2.45) is 0 Å². The van der Waals surface area contributed by atoms with E-state index in [9.17, 15) is 9.90 Å². The largest absolute Gasteiger partial charge is 0.506 e. The first kappa shape index (κ1) is 19.8. The van der Waals surface area contributed by atoms with Gasteiger partial charge in [-0.25, -0.2) is 4.79 Å². The van der Waals surface area contributed by atoms with Gasteiger partial charge in [-0.15, -0.1) is 11.8 Å². The Bertz CT molecular complexity index is 1160. The number of nitrogens with zero attached hydrogens (tertiary/aromatic N) is 1. The zero-order valence-electron chi connectivity index (χ0n) is 16.0. The molecular weight excluding hydrogens is 398 g/mol. The molecule has 4 aromatic rings. The maximum absolute atomic E-state index is 12.4. The molecule has 0 fully saturated rings. The molecule has 1 N–H and O–H groups in total. The van der Waals surface area contributed by atoms with Crippen LogP contribution in [0.25, 0.3) is 11.3 Å². The molecule has 5 nitrogen and oxygen atoms in total. The number of hydrogen-bond acceptors (Lipinski definition) is 6. The first-order chi connectivity index (χ1) is 14.7. The van der Waals surface area contributed by atoms with Gasteiger partial charge in [0.25, 0.3) is 0 Å². The van der Waals surface area contributed by atoms with Crippen LogP contribution in [0.15, 0.2) is 99.3 Å². The monoisotopic (exact) mass is 417 g/mol. The highest BCUT2D eigenvalue weighted by Crippen LogP contribution is 2.32.